The summed E-state index contributed by atoms with van der Waals surface area (Å²) in [5.74, 6) is 0.0192. The van der Waals surface area contributed by atoms with Gasteiger partial charge in [-0.2, -0.15) is 0 Å². The van der Waals surface area contributed by atoms with Crippen molar-refractivity contribution in [3.05, 3.63) is 60.2 Å². The second kappa shape index (κ2) is 9.18. The van der Waals surface area contributed by atoms with E-state index < -0.39 is 5.97 Å². The highest BCUT2D eigenvalue weighted by Crippen LogP contribution is 2.20. The number of carbonyl (C=O) groups excluding carboxylic acids is 2. The second-order valence-corrected chi connectivity index (χ2v) is 7.11. The Kier molecular flexibility index (Phi) is 6.44. The molecular formula is C20H20N4O3S. The number of amides is 1. The predicted molar refractivity (Wildman–Crippen MR) is 108 cm³/mol. The molecule has 0 unspecified atom stereocenters. The minimum Gasteiger partial charge on any atom is -0.459 e. The van der Waals surface area contributed by atoms with Gasteiger partial charge < -0.3 is 10.1 Å². The number of para-hydroxylation sites is 1. The maximum atomic E-state index is 12.3. The third-order valence-electron chi connectivity index (χ3n) is 3.61. The van der Waals surface area contributed by atoms with Crippen molar-refractivity contribution in [1.82, 2.24) is 15.2 Å². The van der Waals surface area contributed by atoms with Gasteiger partial charge in [-0.25, -0.2) is 9.78 Å². The molecule has 0 aliphatic heterocycles. The van der Waals surface area contributed by atoms with Crippen molar-refractivity contribution in [3.63, 3.8) is 0 Å². The van der Waals surface area contributed by atoms with E-state index in [0.717, 1.165) is 5.56 Å². The first-order valence-corrected chi connectivity index (χ1v) is 9.72. The number of carbonyl (C=O) groups is 2. The number of aromatic nitrogens is 3. The van der Waals surface area contributed by atoms with Crippen LogP contribution in [0.15, 0.2) is 59.8 Å². The van der Waals surface area contributed by atoms with Gasteiger partial charge in [0.05, 0.1) is 23.1 Å². The van der Waals surface area contributed by atoms with Crippen LogP contribution in [0.2, 0.25) is 0 Å². The normalized spacial score (nSPS) is 10.7. The van der Waals surface area contributed by atoms with Crippen LogP contribution in [0, 0.1) is 0 Å². The average Bonchev–Trinajstić information content (AvgIpc) is 3.16. The van der Waals surface area contributed by atoms with Crippen molar-refractivity contribution in [2.24, 2.45) is 0 Å². The molecule has 0 aliphatic carbocycles. The Morgan fingerprint density at radius 1 is 1.11 bits per heavy atom. The Morgan fingerprint density at radius 3 is 2.57 bits per heavy atom. The van der Waals surface area contributed by atoms with Crippen molar-refractivity contribution in [2.75, 3.05) is 11.1 Å². The fourth-order valence-corrected chi connectivity index (χ4v) is 3.00. The van der Waals surface area contributed by atoms with E-state index in [9.17, 15) is 9.59 Å². The molecule has 1 heterocycles. The minimum atomic E-state index is -0.472. The molecule has 0 saturated carbocycles. The number of esters is 1. The number of benzene rings is 2. The molecule has 1 amide bonds. The quantitative estimate of drug-likeness (QED) is 0.466. The maximum absolute atomic E-state index is 12.3. The third kappa shape index (κ3) is 5.20. The van der Waals surface area contributed by atoms with Crippen molar-refractivity contribution < 1.29 is 14.3 Å². The van der Waals surface area contributed by atoms with Crippen LogP contribution in [0.4, 0.5) is 5.69 Å². The Balaban J connectivity index is 1.60. The van der Waals surface area contributed by atoms with E-state index in [0.29, 0.717) is 22.2 Å². The molecule has 2 aromatic carbocycles. The summed E-state index contributed by atoms with van der Waals surface area (Å²) >= 11 is 1.21. The number of nitrogens with zero attached hydrogens (tertiary/aromatic N) is 2. The molecule has 3 aromatic rings. The van der Waals surface area contributed by atoms with Crippen LogP contribution < -0.4 is 5.32 Å². The standard InChI is InChI=1S/C20H20N4O3S/c1-13(2)27-19(26)15-10-6-7-11-16(15)21-17(25)12-28-20-22-18(23-24-20)14-8-4-3-5-9-14/h3-11,13H,12H2,1-2H3,(H,21,25)(H,22,23,24). The van der Waals surface area contributed by atoms with Gasteiger partial charge in [0, 0.05) is 5.56 Å². The zero-order valence-electron chi connectivity index (χ0n) is 15.5. The molecule has 1 aromatic heterocycles. The first-order chi connectivity index (χ1) is 13.5. The predicted octanol–water partition coefficient (Wildman–Crippen LogP) is 3.77. The molecule has 3 rings (SSSR count). The van der Waals surface area contributed by atoms with Crippen LogP contribution >= 0.6 is 11.8 Å². The molecule has 0 aliphatic rings. The van der Waals surface area contributed by atoms with Crippen molar-refractivity contribution in [3.8, 4) is 11.4 Å². The van der Waals surface area contributed by atoms with Crippen LogP contribution in [-0.4, -0.2) is 38.9 Å². The number of H-pyrrole nitrogens is 1. The van der Waals surface area contributed by atoms with Gasteiger partial charge in [-0.05, 0) is 26.0 Å². The smallest absolute Gasteiger partial charge is 0.340 e. The summed E-state index contributed by atoms with van der Waals surface area (Å²) in [6, 6.07) is 16.4. The summed E-state index contributed by atoms with van der Waals surface area (Å²) in [5, 5.41) is 10.2. The summed E-state index contributed by atoms with van der Waals surface area (Å²) in [6.45, 7) is 3.55. The summed E-state index contributed by atoms with van der Waals surface area (Å²) in [7, 11) is 0. The first-order valence-electron chi connectivity index (χ1n) is 8.73. The first kappa shape index (κ1) is 19.6. The zero-order valence-corrected chi connectivity index (χ0v) is 16.3. The molecule has 2 N–H and O–H groups in total. The number of nitrogens with one attached hydrogen (secondary N) is 2. The number of ether oxygens (including phenoxy) is 1. The van der Waals surface area contributed by atoms with E-state index in [1.807, 2.05) is 30.3 Å². The molecule has 0 saturated heterocycles. The molecule has 0 radical (unpaired) electrons. The van der Waals surface area contributed by atoms with Gasteiger partial charge >= 0.3 is 5.97 Å². The molecule has 0 spiro atoms. The Bertz CT molecular complexity index is 957. The molecule has 7 nitrogen and oxygen atoms in total. The van der Waals surface area contributed by atoms with E-state index in [1.165, 1.54) is 11.8 Å². The third-order valence-corrected chi connectivity index (χ3v) is 4.46. The summed E-state index contributed by atoms with van der Waals surface area (Å²) in [4.78, 5) is 28.9. The van der Waals surface area contributed by atoms with Crippen LogP contribution in [0.3, 0.4) is 0 Å². The topological polar surface area (TPSA) is 97.0 Å². The van der Waals surface area contributed by atoms with Gasteiger partial charge in [0.25, 0.3) is 0 Å². The minimum absolute atomic E-state index is 0.111. The molecular weight excluding hydrogens is 376 g/mol. The number of anilines is 1. The van der Waals surface area contributed by atoms with Gasteiger partial charge in [-0.1, -0.05) is 54.2 Å². The summed E-state index contributed by atoms with van der Waals surface area (Å²) in [6.07, 6.45) is -0.239. The lowest BCUT2D eigenvalue weighted by atomic mass is 10.2. The van der Waals surface area contributed by atoms with E-state index in [4.69, 9.17) is 4.74 Å². The second-order valence-electron chi connectivity index (χ2n) is 6.17. The Hall–Kier alpha value is -3.13. The van der Waals surface area contributed by atoms with Gasteiger partial charge in [-0.3, -0.25) is 9.89 Å². The number of hydrogen-bond acceptors (Lipinski definition) is 6. The Labute approximate surface area is 166 Å². The maximum Gasteiger partial charge on any atom is 0.340 e. The van der Waals surface area contributed by atoms with E-state index in [1.54, 1.807) is 38.1 Å². The van der Waals surface area contributed by atoms with Crippen molar-refractivity contribution in [2.45, 2.75) is 25.1 Å². The van der Waals surface area contributed by atoms with E-state index in [-0.39, 0.29) is 17.8 Å². The van der Waals surface area contributed by atoms with Crippen molar-refractivity contribution >= 4 is 29.3 Å². The number of hydrogen-bond donors (Lipinski definition) is 2. The fourth-order valence-electron chi connectivity index (χ4n) is 2.40. The lowest BCUT2D eigenvalue weighted by Crippen LogP contribution is -2.18. The van der Waals surface area contributed by atoms with Crippen LogP contribution in [0.25, 0.3) is 11.4 Å². The Morgan fingerprint density at radius 2 is 1.82 bits per heavy atom. The molecule has 0 atom stereocenters. The van der Waals surface area contributed by atoms with E-state index in [2.05, 4.69) is 20.5 Å². The lowest BCUT2D eigenvalue weighted by Gasteiger charge is -2.12. The highest BCUT2D eigenvalue weighted by Gasteiger charge is 2.16. The zero-order chi connectivity index (χ0) is 19.9. The van der Waals surface area contributed by atoms with Crippen LogP contribution in [0.5, 0.6) is 0 Å². The number of aromatic amines is 1. The molecule has 144 valence electrons. The highest BCUT2D eigenvalue weighted by molar-refractivity contribution is 7.99. The lowest BCUT2D eigenvalue weighted by molar-refractivity contribution is -0.113. The summed E-state index contributed by atoms with van der Waals surface area (Å²) < 4.78 is 5.21. The van der Waals surface area contributed by atoms with Gasteiger partial charge in [-0.15, -0.1) is 5.10 Å². The SMILES string of the molecule is CC(C)OC(=O)c1ccccc1NC(=O)CSc1n[nH]c(-c2ccccc2)n1. The largest absolute Gasteiger partial charge is 0.459 e. The fraction of sp³-hybridized carbons (Fsp3) is 0.200. The van der Waals surface area contributed by atoms with Gasteiger partial charge in [0.1, 0.15) is 0 Å². The van der Waals surface area contributed by atoms with E-state index >= 15 is 0 Å². The number of thioether (sulfide) groups is 1. The molecule has 8 heteroatoms. The number of rotatable bonds is 7. The average molecular weight is 396 g/mol. The monoisotopic (exact) mass is 396 g/mol. The van der Waals surface area contributed by atoms with Crippen LogP contribution in [-0.2, 0) is 9.53 Å². The van der Waals surface area contributed by atoms with Gasteiger partial charge in [0.2, 0.25) is 11.1 Å². The molecule has 0 fully saturated rings. The molecule has 28 heavy (non-hydrogen) atoms. The summed E-state index contributed by atoms with van der Waals surface area (Å²) in [5.41, 5.74) is 1.65. The highest BCUT2D eigenvalue weighted by atomic mass is 32.2. The molecule has 0 bridgehead atoms. The van der Waals surface area contributed by atoms with Gasteiger partial charge in [0.15, 0.2) is 5.82 Å². The van der Waals surface area contributed by atoms with Crippen LogP contribution in [0.1, 0.15) is 24.2 Å². The van der Waals surface area contributed by atoms with Crippen molar-refractivity contribution in [1.29, 1.82) is 0 Å².